The van der Waals surface area contributed by atoms with Crippen molar-refractivity contribution in [3.63, 3.8) is 0 Å². The van der Waals surface area contributed by atoms with Gasteiger partial charge in [0, 0.05) is 47.5 Å². The first-order valence-corrected chi connectivity index (χ1v) is 11.5. The van der Waals surface area contributed by atoms with E-state index in [0.29, 0.717) is 19.3 Å². The predicted octanol–water partition coefficient (Wildman–Crippen LogP) is 3.03. The summed E-state index contributed by atoms with van der Waals surface area (Å²) in [5, 5.41) is 35.3. The van der Waals surface area contributed by atoms with E-state index in [1.54, 1.807) is 6.07 Å². The molecule has 160 valence electrons. The number of likely N-dealkylation sites (tertiary alicyclic amines) is 1. The van der Waals surface area contributed by atoms with Crippen LogP contribution in [0.15, 0.2) is 30.3 Å². The normalized spacial score (nSPS) is 31.2. The van der Waals surface area contributed by atoms with Gasteiger partial charge < -0.3 is 24.8 Å². The second-order valence-corrected chi connectivity index (χ2v) is 10.3. The minimum Gasteiger partial charge on any atom is -0.504 e. The number of phenols is 2. The number of aromatic nitrogens is 1. The summed E-state index contributed by atoms with van der Waals surface area (Å²) < 4.78 is 2.50. The third-order valence-corrected chi connectivity index (χ3v) is 9.07. The summed E-state index contributed by atoms with van der Waals surface area (Å²) >= 11 is 0. The summed E-state index contributed by atoms with van der Waals surface area (Å²) in [6, 6.07) is 10.2. The van der Waals surface area contributed by atoms with Crippen molar-refractivity contribution in [3.05, 3.63) is 58.3 Å². The average molecular weight is 417 g/mol. The number of para-hydroxylation sites is 1. The Hall–Kier alpha value is -2.50. The fourth-order valence-electron chi connectivity index (χ4n) is 7.68. The topological polar surface area (TPSA) is 68.9 Å². The molecular formula is C26H28N2O3. The molecular weight excluding hydrogens is 388 g/mol. The van der Waals surface area contributed by atoms with Crippen LogP contribution in [0, 0.1) is 0 Å². The van der Waals surface area contributed by atoms with Gasteiger partial charge in [-0.1, -0.05) is 24.3 Å². The van der Waals surface area contributed by atoms with Crippen molar-refractivity contribution < 1.29 is 15.3 Å². The Kier molecular flexibility index (Phi) is 3.30. The lowest BCUT2D eigenvalue weighted by molar-refractivity contribution is -0.145. The lowest BCUT2D eigenvalue weighted by Gasteiger charge is -2.63. The van der Waals surface area contributed by atoms with Crippen molar-refractivity contribution in [1.29, 1.82) is 0 Å². The molecule has 1 fully saturated rings. The lowest BCUT2D eigenvalue weighted by Crippen LogP contribution is -2.73. The number of aryl methyl sites for hydroxylation is 2. The van der Waals surface area contributed by atoms with Gasteiger partial charge >= 0.3 is 0 Å². The van der Waals surface area contributed by atoms with E-state index in [1.807, 2.05) is 6.07 Å². The van der Waals surface area contributed by atoms with Crippen LogP contribution in [-0.2, 0) is 37.6 Å². The highest BCUT2D eigenvalue weighted by atomic mass is 16.3. The van der Waals surface area contributed by atoms with Gasteiger partial charge in [0.25, 0.3) is 0 Å². The summed E-state index contributed by atoms with van der Waals surface area (Å²) in [6.07, 6.45) is 5.02. The molecule has 3 aromatic rings. The molecule has 7 rings (SSSR count). The van der Waals surface area contributed by atoms with Crippen molar-refractivity contribution in [2.45, 2.75) is 62.1 Å². The number of aromatic hydroxyl groups is 2. The van der Waals surface area contributed by atoms with Crippen LogP contribution >= 0.6 is 0 Å². The zero-order chi connectivity index (χ0) is 21.1. The van der Waals surface area contributed by atoms with E-state index < -0.39 is 11.0 Å². The van der Waals surface area contributed by atoms with Crippen LogP contribution in [0.25, 0.3) is 10.9 Å². The molecule has 0 saturated carbocycles. The number of phenolic OH excluding ortho intramolecular Hbond substituents is 2. The number of aliphatic hydroxyl groups is 1. The monoisotopic (exact) mass is 416 g/mol. The number of rotatable bonds is 0. The summed E-state index contributed by atoms with van der Waals surface area (Å²) in [5.74, 6) is -0.111. The molecule has 2 aromatic carbocycles. The summed E-state index contributed by atoms with van der Waals surface area (Å²) in [4.78, 5) is 2.30. The molecule has 0 spiro atoms. The lowest BCUT2D eigenvalue weighted by atomic mass is 9.49. The van der Waals surface area contributed by atoms with Crippen molar-refractivity contribution in [1.82, 2.24) is 9.47 Å². The van der Waals surface area contributed by atoms with Gasteiger partial charge in [0.1, 0.15) is 0 Å². The smallest absolute Gasteiger partial charge is 0.161 e. The molecule has 2 aliphatic carbocycles. The molecule has 31 heavy (non-hydrogen) atoms. The van der Waals surface area contributed by atoms with Crippen LogP contribution in [0.3, 0.4) is 0 Å². The summed E-state index contributed by atoms with van der Waals surface area (Å²) in [5.41, 5.74) is 5.67. The Bertz CT molecular complexity index is 1280. The van der Waals surface area contributed by atoms with Crippen LogP contribution in [0.1, 0.15) is 40.8 Å². The zero-order valence-corrected chi connectivity index (χ0v) is 17.9. The van der Waals surface area contributed by atoms with Crippen LogP contribution < -0.4 is 0 Å². The van der Waals surface area contributed by atoms with Crippen LogP contribution in [-0.4, -0.2) is 50.0 Å². The van der Waals surface area contributed by atoms with Gasteiger partial charge in [-0.2, -0.15) is 0 Å². The molecule has 0 radical (unpaired) electrons. The van der Waals surface area contributed by atoms with Gasteiger partial charge in [-0.05, 0) is 62.0 Å². The maximum absolute atomic E-state index is 12.5. The quantitative estimate of drug-likeness (QED) is 0.493. The number of hydrogen-bond acceptors (Lipinski definition) is 4. The fourth-order valence-corrected chi connectivity index (χ4v) is 7.68. The third kappa shape index (κ3) is 1.96. The predicted molar refractivity (Wildman–Crippen MR) is 119 cm³/mol. The van der Waals surface area contributed by atoms with E-state index in [9.17, 15) is 15.3 Å². The maximum atomic E-state index is 12.5. The second kappa shape index (κ2) is 5.64. The highest BCUT2D eigenvalue weighted by molar-refractivity contribution is 5.89. The van der Waals surface area contributed by atoms with E-state index in [4.69, 9.17) is 0 Å². The third-order valence-electron chi connectivity index (χ3n) is 9.07. The zero-order valence-electron chi connectivity index (χ0n) is 17.9. The first-order chi connectivity index (χ1) is 14.9. The molecule has 1 aromatic heterocycles. The fraction of sp³-hybridized carbons (Fsp3) is 0.462. The maximum Gasteiger partial charge on any atom is 0.161 e. The number of nitrogens with zero attached hydrogens (tertiary/aromatic N) is 2. The SMILES string of the molecule is CN1CCC23Cc4c(c5cccc6c5n4CCC6)CC2(O)C1Cc1ccc(O)c(O)c13. The van der Waals surface area contributed by atoms with Gasteiger partial charge in [-0.25, -0.2) is 0 Å². The van der Waals surface area contributed by atoms with E-state index in [2.05, 4.69) is 34.7 Å². The van der Waals surface area contributed by atoms with Gasteiger partial charge in [-0.15, -0.1) is 0 Å². The van der Waals surface area contributed by atoms with Crippen LogP contribution in [0.2, 0.25) is 0 Å². The molecule has 3 atom stereocenters. The Labute approximate surface area is 181 Å². The first-order valence-electron chi connectivity index (χ1n) is 11.5. The van der Waals surface area contributed by atoms with Gasteiger partial charge in [0.05, 0.1) is 11.1 Å². The van der Waals surface area contributed by atoms with Gasteiger partial charge in [0.2, 0.25) is 0 Å². The highest BCUT2D eigenvalue weighted by Crippen LogP contribution is 2.60. The van der Waals surface area contributed by atoms with E-state index in [-0.39, 0.29) is 17.5 Å². The summed E-state index contributed by atoms with van der Waals surface area (Å²) in [6.45, 7) is 1.89. The minimum atomic E-state index is -0.978. The van der Waals surface area contributed by atoms with Crippen LogP contribution in [0.5, 0.6) is 11.5 Å². The molecule has 0 amide bonds. The largest absolute Gasteiger partial charge is 0.504 e. The summed E-state index contributed by atoms with van der Waals surface area (Å²) in [7, 11) is 2.11. The second-order valence-electron chi connectivity index (χ2n) is 10.3. The standard InChI is InChI=1S/C26H28N2O3/c1-27-11-9-25-14-19-18(17-6-2-4-15-5-3-10-28(19)23(15)17)13-26(25,31)21(27)12-16-7-8-20(29)24(30)22(16)25/h2,4,6-8,21,29-31H,3,5,9-14H2,1H3. The minimum absolute atomic E-state index is 0.00227. The highest BCUT2D eigenvalue weighted by Gasteiger charge is 2.65. The van der Waals surface area contributed by atoms with E-state index in [1.165, 1.54) is 27.7 Å². The molecule has 3 N–H and O–H groups in total. The van der Waals surface area contributed by atoms with Crippen molar-refractivity contribution in [2.75, 3.05) is 13.6 Å². The number of likely N-dealkylation sites (N-methyl/N-ethyl adjacent to an activating group) is 1. The Morgan fingerprint density at radius 1 is 1.03 bits per heavy atom. The molecule has 3 unspecified atom stereocenters. The molecule has 5 heteroatoms. The molecule has 5 nitrogen and oxygen atoms in total. The molecule has 4 aliphatic rings. The number of piperidine rings is 1. The number of benzene rings is 2. The van der Waals surface area contributed by atoms with Crippen molar-refractivity contribution in [2.24, 2.45) is 0 Å². The number of fused-ring (bicyclic) bond motifs is 4. The first kappa shape index (κ1) is 18.1. The number of hydrogen-bond donors (Lipinski definition) is 3. The van der Waals surface area contributed by atoms with E-state index >= 15 is 0 Å². The van der Waals surface area contributed by atoms with Crippen molar-refractivity contribution in [3.8, 4) is 11.5 Å². The Morgan fingerprint density at radius 3 is 2.77 bits per heavy atom. The molecule has 1 saturated heterocycles. The molecule has 2 bridgehead atoms. The molecule has 3 heterocycles. The average Bonchev–Trinajstić information content (AvgIpc) is 3.06. The van der Waals surface area contributed by atoms with Gasteiger partial charge in [-0.3, -0.25) is 0 Å². The molecule has 2 aliphatic heterocycles. The Balaban J connectivity index is 1.56. The van der Waals surface area contributed by atoms with Crippen LogP contribution in [0.4, 0.5) is 0 Å². The van der Waals surface area contributed by atoms with Gasteiger partial charge in [0.15, 0.2) is 11.5 Å². The van der Waals surface area contributed by atoms with Crippen molar-refractivity contribution >= 4 is 10.9 Å². The van der Waals surface area contributed by atoms with E-state index in [0.717, 1.165) is 43.5 Å². The Morgan fingerprint density at radius 2 is 1.90 bits per heavy atom.